The molecule has 6 nitrogen and oxygen atoms in total. The van der Waals surface area contributed by atoms with Crippen molar-refractivity contribution >= 4 is 22.1 Å². The predicted molar refractivity (Wildman–Crippen MR) is 79.4 cm³/mol. The molecule has 122 valence electrons. The lowest BCUT2D eigenvalue weighted by Gasteiger charge is -2.06. The molecule has 0 spiro atoms. The van der Waals surface area contributed by atoms with Crippen molar-refractivity contribution in [2.75, 3.05) is 6.61 Å². The Labute approximate surface area is 130 Å². The first kappa shape index (κ1) is 18.2. The Morgan fingerprint density at radius 3 is 2.32 bits per heavy atom. The maximum atomic E-state index is 11.7. The molecule has 0 saturated carbocycles. The van der Waals surface area contributed by atoms with Gasteiger partial charge in [0, 0.05) is 6.42 Å². The van der Waals surface area contributed by atoms with E-state index in [0.717, 1.165) is 19.3 Å². The Hall–Kier alpha value is -1.89. The summed E-state index contributed by atoms with van der Waals surface area (Å²) in [6.07, 6.45) is 3.89. The second-order valence-electron chi connectivity index (χ2n) is 4.69. The smallest absolute Gasteiger partial charge is 0.360 e. The first-order valence-corrected chi connectivity index (χ1v) is 8.54. The van der Waals surface area contributed by atoms with Crippen molar-refractivity contribution < 1.29 is 26.9 Å². The zero-order chi connectivity index (χ0) is 16.4. The predicted octanol–water partition coefficient (Wildman–Crippen LogP) is 2.43. The number of esters is 1. The summed E-state index contributed by atoms with van der Waals surface area (Å²) in [6.45, 7) is 1.35. The van der Waals surface area contributed by atoms with Crippen LogP contribution in [0.25, 0.3) is 0 Å². The minimum absolute atomic E-state index is 0.130. The summed E-state index contributed by atoms with van der Waals surface area (Å²) < 4.78 is 32.6. The average Bonchev–Trinajstić information content (AvgIpc) is 2.50. The van der Waals surface area contributed by atoms with Gasteiger partial charge in [-0.2, -0.15) is 8.42 Å². The van der Waals surface area contributed by atoms with Gasteiger partial charge in [-0.05, 0) is 18.6 Å². The van der Waals surface area contributed by atoms with Crippen LogP contribution in [0.1, 0.15) is 39.0 Å². The van der Waals surface area contributed by atoms with Crippen molar-refractivity contribution in [2.24, 2.45) is 0 Å². The van der Waals surface area contributed by atoms with Gasteiger partial charge in [-0.1, -0.05) is 44.4 Å². The lowest BCUT2D eigenvalue weighted by atomic mass is 10.2. The van der Waals surface area contributed by atoms with E-state index in [4.69, 9.17) is 0 Å². The molecular formula is C15H20O6S. The molecule has 0 bridgehead atoms. The number of ether oxygens (including phenoxy) is 1. The molecule has 1 rings (SSSR count). The topological polar surface area (TPSA) is 86.7 Å². The highest BCUT2D eigenvalue weighted by molar-refractivity contribution is 7.87. The third-order valence-corrected chi connectivity index (χ3v) is 4.07. The molecule has 0 unspecified atom stereocenters. The zero-order valence-corrected chi connectivity index (χ0v) is 13.3. The second kappa shape index (κ2) is 9.19. The van der Waals surface area contributed by atoms with Crippen LogP contribution in [0.3, 0.4) is 0 Å². The van der Waals surface area contributed by atoms with Crippen LogP contribution in [0.15, 0.2) is 35.2 Å². The maximum absolute atomic E-state index is 11.7. The molecule has 0 N–H and O–H groups in total. The molecule has 0 amide bonds. The lowest BCUT2D eigenvalue weighted by Crippen LogP contribution is -2.20. The van der Waals surface area contributed by atoms with Gasteiger partial charge < -0.3 is 8.92 Å². The van der Waals surface area contributed by atoms with Gasteiger partial charge in [0.15, 0.2) is 6.61 Å². The summed E-state index contributed by atoms with van der Waals surface area (Å²) in [4.78, 5) is 22.7. The van der Waals surface area contributed by atoms with E-state index in [1.807, 2.05) is 0 Å². The maximum Gasteiger partial charge on any atom is 0.360 e. The van der Waals surface area contributed by atoms with E-state index in [0.29, 0.717) is 6.42 Å². The number of carbonyl (C=O) groups excluding carboxylic acids is 2. The van der Waals surface area contributed by atoms with Gasteiger partial charge in [0.25, 0.3) is 0 Å². The normalized spacial score (nSPS) is 11.0. The fourth-order valence-corrected chi connectivity index (χ4v) is 2.57. The van der Waals surface area contributed by atoms with Crippen molar-refractivity contribution in [3.05, 3.63) is 30.3 Å². The molecule has 0 radical (unpaired) electrons. The minimum Gasteiger partial charge on any atom is -0.454 e. The number of hydrogen-bond acceptors (Lipinski definition) is 6. The highest BCUT2D eigenvalue weighted by Crippen LogP contribution is 2.11. The van der Waals surface area contributed by atoms with E-state index in [1.54, 1.807) is 6.07 Å². The van der Waals surface area contributed by atoms with Gasteiger partial charge in [-0.3, -0.25) is 4.79 Å². The summed E-state index contributed by atoms with van der Waals surface area (Å²) in [5, 5.41) is 0. The number of rotatable bonds is 9. The standard InChI is InChI=1S/C15H20O6S/c1-2-3-4-8-11-14(16)20-12-15(17)21-22(18,19)13-9-6-5-7-10-13/h5-7,9-10H,2-4,8,11-12H2,1H3. The average molecular weight is 328 g/mol. The lowest BCUT2D eigenvalue weighted by molar-refractivity contribution is -0.153. The molecule has 0 aromatic heterocycles. The van der Waals surface area contributed by atoms with E-state index in [-0.39, 0.29) is 11.3 Å². The number of hydrogen-bond donors (Lipinski definition) is 0. The minimum atomic E-state index is -4.17. The molecule has 7 heteroatoms. The van der Waals surface area contributed by atoms with Crippen LogP contribution in [0.5, 0.6) is 0 Å². The van der Waals surface area contributed by atoms with Crippen LogP contribution in [-0.2, 0) is 28.6 Å². The second-order valence-corrected chi connectivity index (χ2v) is 6.24. The summed E-state index contributed by atoms with van der Waals surface area (Å²) in [7, 11) is -4.17. The molecule has 0 fully saturated rings. The quantitative estimate of drug-likeness (QED) is 0.393. The molecule has 0 saturated heterocycles. The summed E-state index contributed by atoms with van der Waals surface area (Å²) >= 11 is 0. The number of carbonyl (C=O) groups is 2. The van der Waals surface area contributed by atoms with Crippen molar-refractivity contribution in [3.8, 4) is 0 Å². The Balaban J connectivity index is 2.36. The third kappa shape index (κ3) is 6.71. The molecule has 1 aromatic rings. The molecule has 0 aliphatic heterocycles. The summed E-state index contributed by atoms with van der Waals surface area (Å²) in [6, 6.07) is 7.28. The molecule has 0 atom stereocenters. The van der Waals surface area contributed by atoms with Gasteiger partial charge in [0.2, 0.25) is 0 Å². The Kier molecular flexibility index (Phi) is 7.59. The first-order chi connectivity index (χ1) is 10.5. The first-order valence-electron chi connectivity index (χ1n) is 7.13. The Bertz CT molecular complexity index is 579. The van der Waals surface area contributed by atoms with Crippen molar-refractivity contribution in [2.45, 2.75) is 43.9 Å². The largest absolute Gasteiger partial charge is 0.454 e. The van der Waals surface area contributed by atoms with Crippen LogP contribution in [-0.4, -0.2) is 27.0 Å². The van der Waals surface area contributed by atoms with E-state index in [2.05, 4.69) is 15.8 Å². The summed E-state index contributed by atoms with van der Waals surface area (Å²) in [5.41, 5.74) is 0. The number of benzene rings is 1. The Morgan fingerprint density at radius 1 is 1.00 bits per heavy atom. The van der Waals surface area contributed by atoms with Crippen LogP contribution in [0.2, 0.25) is 0 Å². The fraction of sp³-hybridized carbons (Fsp3) is 0.467. The van der Waals surface area contributed by atoms with E-state index in [1.165, 1.54) is 24.3 Å². The van der Waals surface area contributed by atoms with Gasteiger partial charge in [-0.25, -0.2) is 4.79 Å². The van der Waals surface area contributed by atoms with E-state index >= 15 is 0 Å². The van der Waals surface area contributed by atoms with Crippen LogP contribution < -0.4 is 0 Å². The molecule has 0 heterocycles. The van der Waals surface area contributed by atoms with Crippen LogP contribution >= 0.6 is 0 Å². The third-order valence-electron chi connectivity index (χ3n) is 2.82. The van der Waals surface area contributed by atoms with Crippen LogP contribution in [0.4, 0.5) is 0 Å². The highest BCUT2D eigenvalue weighted by atomic mass is 32.2. The summed E-state index contributed by atoms with van der Waals surface area (Å²) in [5.74, 6) is -1.66. The molecule has 1 aromatic carbocycles. The molecule has 0 aliphatic rings. The molecular weight excluding hydrogens is 308 g/mol. The number of unbranched alkanes of at least 4 members (excludes halogenated alkanes) is 3. The SMILES string of the molecule is CCCCCCC(=O)OCC(=O)OS(=O)(=O)c1ccccc1. The zero-order valence-electron chi connectivity index (χ0n) is 12.5. The van der Waals surface area contributed by atoms with Gasteiger partial charge in [0.05, 0.1) is 0 Å². The molecule has 22 heavy (non-hydrogen) atoms. The highest BCUT2D eigenvalue weighted by Gasteiger charge is 2.20. The van der Waals surface area contributed by atoms with Crippen molar-refractivity contribution in [3.63, 3.8) is 0 Å². The molecule has 0 aliphatic carbocycles. The van der Waals surface area contributed by atoms with Gasteiger partial charge in [-0.15, -0.1) is 0 Å². The van der Waals surface area contributed by atoms with Crippen molar-refractivity contribution in [1.82, 2.24) is 0 Å². The fourth-order valence-electron chi connectivity index (χ4n) is 1.69. The van der Waals surface area contributed by atoms with E-state index < -0.39 is 28.7 Å². The monoisotopic (exact) mass is 328 g/mol. The van der Waals surface area contributed by atoms with Gasteiger partial charge in [0.1, 0.15) is 4.90 Å². The van der Waals surface area contributed by atoms with Crippen molar-refractivity contribution in [1.29, 1.82) is 0 Å². The van der Waals surface area contributed by atoms with E-state index in [9.17, 15) is 18.0 Å². The van der Waals surface area contributed by atoms with Crippen LogP contribution in [0, 0.1) is 0 Å². The Morgan fingerprint density at radius 2 is 1.68 bits per heavy atom. The van der Waals surface area contributed by atoms with Gasteiger partial charge >= 0.3 is 22.1 Å².